The first-order valence-corrected chi connectivity index (χ1v) is 11.3. The summed E-state index contributed by atoms with van der Waals surface area (Å²) in [6.45, 7) is 9.93. The fourth-order valence-corrected chi connectivity index (χ4v) is 4.19. The lowest BCUT2D eigenvalue weighted by Gasteiger charge is -2.28. The molecular weight excluding hydrogens is 422 g/mol. The molecule has 1 unspecified atom stereocenters. The fourth-order valence-electron chi connectivity index (χ4n) is 3.09. The van der Waals surface area contributed by atoms with Gasteiger partial charge in [0.2, 0.25) is 0 Å². The van der Waals surface area contributed by atoms with Gasteiger partial charge in [-0.3, -0.25) is 14.5 Å². The molecule has 9 nitrogen and oxygen atoms in total. The van der Waals surface area contributed by atoms with E-state index in [0.29, 0.717) is 39.3 Å². The van der Waals surface area contributed by atoms with Gasteiger partial charge in [-0.05, 0) is 39.7 Å². The van der Waals surface area contributed by atoms with E-state index in [9.17, 15) is 19.5 Å². The fraction of sp³-hybridized carbons (Fsp3) is 0.619. The number of nitrogens with one attached hydrogen (secondary N) is 1. The summed E-state index contributed by atoms with van der Waals surface area (Å²) in [5, 5.41) is 10.7. The van der Waals surface area contributed by atoms with Crippen molar-refractivity contribution in [2.45, 2.75) is 66.2 Å². The number of hydrogen-bond acceptors (Lipinski definition) is 9. The number of hydrogen-bond donors (Lipinski definition) is 2. The summed E-state index contributed by atoms with van der Waals surface area (Å²) in [5.41, 5.74) is 0.242. The van der Waals surface area contributed by atoms with Gasteiger partial charge < -0.3 is 19.6 Å². The van der Waals surface area contributed by atoms with Gasteiger partial charge in [0.15, 0.2) is 0 Å². The maximum atomic E-state index is 12.7. The third kappa shape index (κ3) is 6.59. The molecule has 172 valence electrons. The molecule has 0 amide bonds. The van der Waals surface area contributed by atoms with Crippen molar-refractivity contribution in [1.82, 2.24) is 14.9 Å². The highest BCUT2D eigenvalue weighted by Gasteiger charge is 2.22. The molecule has 0 radical (unpaired) electrons. The zero-order valence-electron chi connectivity index (χ0n) is 18.7. The first-order chi connectivity index (χ1) is 14.7. The smallest absolute Gasteiger partial charge is 0.348 e. The maximum absolute atomic E-state index is 12.7. The van der Waals surface area contributed by atoms with Gasteiger partial charge in [-0.1, -0.05) is 6.92 Å². The van der Waals surface area contributed by atoms with Gasteiger partial charge in [-0.25, -0.2) is 9.78 Å². The highest BCUT2D eigenvalue weighted by Crippen LogP contribution is 2.27. The zero-order chi connectivity index (χ0) is 23.1. The molecule has 0 aliphatic carbocycles. The van der Waals surface area contributed by atoms with Gasteiger partial charge in [0.25, 0.3) is 5.56 Å². The second-order valence-corrected chi connectivity index (χ2v) is 8.58. The van der Waals surface area contributed by atoms with E-state index in [0.717, 1.165) is 11.3 Å². The predicted molar refractivity (Wildman–Crippen MR) is 118 cm³/mol. The van der Waals surface area contributed by atoms with Crippen LogP contribution in [0.15, 0.2) is 4.79 Å². The molecule has 0 aromatic carbocycles. The van der Waals surface area contributed by atoms with Crippen LogP contribution in [-0.4, -0.2) is 63.8 Å². The van der Waals surface area contributed by atoms with Crippen LogP contribution in [0, 0.1) is 6.92 Å². The molecule has 0 bridgehead atoms. The number of carbonyl (C=O) groups is 2. The predicted octanol–water partition coefficient (Wildman–Crippen LogP) is 2.38. The molecule has 2 heterocycles. The SMILES string of the molecule is CCCC(=O)OCC(O)CN(Cc1nc2sc(C(=O)OCC)c(C)c2c(=O)[nH]1)C(C)C. The monoisotopic (exact) mass is 453 g/mol. The van der Waals surface area contributed by atoms with Crippen LogP contribution in [0.5, 0.6) is 0 Å². The number of rotatable bonds is 11. The Balaban J connectivity index is 2.18. The van der Waals surface area contributed by atoms with E-state index in [2.05, 4.69) is 9.97 Å². The molecule has 2 aromatic heterocycles. The minimum Gasteiger partial charge on any atom is -0.463 e. The number of aryl methyl sites for hydroxylation is 1. The lowest BCUT2D eigenvalue weighted by molar-refractivity contribution is -0.147. The largest absolute Gasteiger partial charge is 0.463 e. The normalized spacial score (nSPS) is 12.5. The number of aromatic nitrogens is 2. The molecule has 0 aliphatic rings. The van der Waals surface area contributed by atoms with Crippen molar-refractivity contribution in [1.29, 1.82) is 0 Å². The Bertz CT molecular complexity index is 968. The van der Waals surface area contributed by atoms with Crippen LogP contribution < -0.4 is 5.56 Å². The second-order valence-electron chi connectivity index (χ2n) is 7.58. The molecule has 0 saturated heterocycles. The van der Waals surface area contributed by atoms with Gasteiger partial charge in [0.05, 0.1) is 18.5 Å². The van der Waals surface area contributed by atoms with Gasteiger partial charge in [0.1, 0.15) is 28.2 Å². The van der Waals surface area contributed by atoms with Crippen LogP contribution in [0.25, 0.3) is 10.2 Å². The van der Waals surface area contributed by atoms with Crippen LogP contribution in [-0.2, 0) is 20.8 Å². The van der Waals surface area contributed by atoms with Gasteiger partial charge in [-0.2, -0.15) is 0 Å². The summed E-state index contributed by atoms with van der Waals surface area (Å²) < 4.78 is 10.1. The Morgan fingerprint density at radius 2 is 1.97 bits per heavy atom. The zero-order valence-corrected chi connectivity index (χ0v) is 19.5. The first-order valence-electron chi connectivity index (χ1n) is 10.4. The molecule has 10 heteroatoms. The summed E-state index contributed by atoms with van der Waals surface area (Å²) in [7, 11) is 0. The average Bonchev–Trinajstić information content (AvgIpc) is 3.03. The summed E-state index contributed by atoms with van der Waals surface area (Å²) in [6.07, 6.45) is 0.145. The van der Waals surface area contributed by atoms with E-state index < -0.39 is 12.1 Å². The number of esters is 2. The number of thiophene rings is 1. The summed E-state index contributed by atoms with van der Waals surface area (Å²) in [6, 6.07) is 0.0437. The van der Waals surface area contributed by atoms with Crippen molar-refractivity contribution in [2.24, 2.45) is 0 Å². The van der Waals surface area contributed by atoms with Crippen LogP contribution >= 0.6 is 11.3 Å². The standard InChI is InChI=1S/C21H31N3O6S/c1-6-8-16(26)30-11-14(25)9-24(12(3)4)10-15-22-19(27)17-13(5)18(21(28)29-7-2)31-20(17)23-15/h12,14,25H,6-11H2,1-5H3,(H,22,23,27). The van der Waals surface area contributed by atoms with Crippen molar-refractivity contribution in [2.75, 3.05) is 19.8 Å². The Labute approximate surface area is 185 Å². The topological polar surface area (TPSA) is 122 Å². The minimum absolute atomic E-state index is 0.0437. The van der Waals surface area contributed by atoms with E-state index >= 15 is 0 Å². The van der Waals surface area contributed by atoms with Crippen molar-refractivity contribution < 1.29 is 24.2 Å². The summed E-state index contributed by atoms with van der Waals surface area (Å²) in [4.78, 5) is 46.4. The average molecular weight is 454 g/mol. The molecule has 0 fully saturated rings. The molecule has 2 N–H and O–H groups in total. The van der Waals surface area contributed by atoms with Crippen molar-refractivity contribution >= 4 is 33.5 Å². The van der Waals surface area contributed by atoms with E-state index in [1.165, 1.54) is 0 Å². The van der Waals surface area contributed by atoms with Crippen molar-refractivity contribution in [3.05, 3.63) is 26.6 Å². The number of aliphatic hydroxyl groups is 1. The lowest BCUT2D eigenvalue weighted by Crippen LogP contribution is -2.39. The van der Waals surface area contributed by atoms with Crippen LogP contribution in [0.3, 0.4) is 0 Å². The number of aromatic amines is 1. The first kappa shape index (κ1) is 25.0. The van der Waals surface area contributed by atoms with E-state index in [4.69, 9.17) is 9.47 Å². The molecule has 0 aliphatic heterocycles. The van der Waals surface area contributed by atoms with Crippen LogP contribution in [0.1, 0.15) is 61.6 Å². The number of fused-ring (bicyclic) bond motifs is 1. The number of ether oxygens (including phenoxy) is 2. The highest BCUT2D eigenvalue weighted by molar-refractivity contribution is 7.20. The Morgan fingerprint density at radius 3 is 2.58 bits per heavy atom. The Kier molecular flexibility index (Phi) is 9.15. The highest BCUT2D eigenvalue weighted by atomic mass is 32.1. The molecule has 0 spiro atoms. The minimum atomic E-state index is -0.863. The van der Waals surface area contributed by atoms with Gasteiger partial charge in [0, 0.05) is 19.0 Å². The number of carbonyl (C=O) groups excluding carboxylic acids is 2. The third-order valence-corrected chi connectivity index (χ3v) is 5.90. The molecule has 0 saturated carbocycles. The quantitative estimate of drug-likeness (QED) is 0.497. The van der Waals surface area contributed by atoms with Crippen molar-refractivity contribution in [3.8, 4) is 0 Å². The Hall–Kier alpha value is -2.30. The van der Waals surface area contributed by atoms with Crippen LogP contribution in [0.2, 0.25) is 0 Å². The number of H-pyrrole nitrogens is 1. The van der Waals surface area contributed by atoms with Gasteiger partial charge >= 0.3 is 11.9 Å². The van der Waals surface area contributed by atoms with E-state index in [1.807, 2.05) is 25.7 Å². The molecule has 31 heavy (non-hydrogen) atoms. The lowest BCUT2D eigenvalue weighted by atomic mass is 10.2. The maximum Gasteiger partial charge on any atom is 0.348 e. The van der Waals surface area contributed by atoms with Gasteiger partial charge in [-0.15, -0.1) is 11.3 Å². The van der Waals surface area contributed by atoms with E-state index in [1.54, 1.807) is 13.8 Å². The molecule has 2 rings (SSSR count). The second kappa shape index (κ2) is 11.4. The summed E-state index contributed by atoms with van der Waals surface area (Å²) >= 11 is 1.13. The third-order valence-electron chi connectivity index (χ3n) is 4.73. The number of aliphatic hydroxyl groups excluding tert-OH is 1. The van der Waals surface area contributed by atoms with Crippen molar-refractivity contribution in [3.63, 3.8) is 0 Å². The van der Waals surface area contributed by atoms with E-state index in [-0.39, 0.29) is 43.9 Å². The number of nitrogens with zero attached hydrogens (tertiary/aromatic N) is 2. The molecular formula is C21H31N3O6S. The van der Waals surface area contributed by atoms with Crippen LogP contribution in [0.4, 0.5) is 0 Å². The summed E-state index contributed by atoms with van der Waals surface area (Å²) in [5.74, 6) is -0.369. The molecule has 2 aromatic rings. The Morgan fingerprint density at radius 1 is 1.26 bits per heavy atom. The molecule has 1 atom stereocenters.